The van der Waals surface area contributed by atoms with E-state index in [4.69, 9.17) is 26.1 Å². The summed E-state index contributed by atoms with van der Waals surface area (Å²) in [5.74, 6) is -0.563. The first-order chi connectivity index (χ1) is 21.8. The maximum atomic E-state index is 13.4. The van der Waals surface area contributed by atoms with Gasteiger partial charge >= 0.3 is 11.9 Å². The Morgan fingerprint density at radius 2 is 1.76 bits per heavy atom. The maximum Gasteiger partial charge on any atom is 0.323 e. The number of rotatable bonds is 13. The number of nitrogens with zero attached hydrogens (tertiary/aromatic N) is 2. The molecule has 5 rings (SSSR count). The van der Waals surface area contributed by atoms with Crippen molar-refractivity contribution in [2.24, 2.45) is 0 Å². The smallest absolute Gasteiger partial charge is 0.323 e. The third kappa shape index (κ3) is 8.59. The lowest BCUT2D eigenvalue weighted by molar-refractivity contribution is -0.147. The highest BCUT2D eigenvalue weighted by molar-refractivity contribution is 6.30. The Balaban J connectivity index is 1.24. The molecular formula is C32H40ClN7O5. The molecule has 2 fully saturated rings. The molecule has 240 valence electrons. The quantitative estimate of drug-likeness (QED) is 0.175. The molecule has 13 heteroatoms. The van der Waals surface area contributed by atoms with Gasteiger partial charge in [0.1, 0.15) is 31.0 Å². The summed E-state index contributed by atoms with van der Waals surface area (Å²) >= 11 is 6.23. The van der Waals surface area contributed by atoms with E-state index in [1.165, 1.54) is 0 Å². The van der Waals surface area contributed by atoms with Crippen LogP contribution in [0.5, 0.6) is 0 Å². The van der Waals surface area contributed by atoms with Crippen molar-refractivity contribution in [3.8, 4) is 11.3 Å². The molecule has 0 radical (unpaired) electrons. The van der Waals surface area contributed by atoms with Crippen LogP contribution in [-0.4, -0.2) is 77.2 Å². The Morgan fingerprint density at radius 3 is 2.40 bits per heavy atom. The van der Waals surface area contributed by atoms with Gasteiger partial charge in [0.15, 0.2) is 0 Å². The van der Waals surface area contributed by atoms with Crippen LogP contribution in [0, 0.1) is 6.92 Å². The number of ether oxygens (including phenoxy) is 2. The van der Waals surface area contributed by atoms with Gasteiger partial charge in [0.2, 0.25) is 5.95 Å². The predicted molar refractivity (Wildman–Crippen MR) is 170 cm³/mol. The summed E-state index contributed by atoms with van der Waals surface area (Å²) in [6.07, 6.45) is 7.52. The van der Waals surface area contributed by atoms with E-state index in [-0.39, 0.29) is 49.2 Å². The zero-order valence-electron chi connectivity index (χ0n) is 25.5. The number of benzene rings is 1. The fourth-order valence-electron chi connectivity index (χ4n) is 5.41. The second kappa shape index (κ2) is 15.3. The first-order valence-corrected chi connectivity index (χ1v) is 15.8. The number of halogens is 1. The molecular weight excluding hydrogens is 598 g/mol. The number of aromatic amines is 1. The summed E-state index contributed by atoms with van der Waals surface area (Å²) in [6, 6.07) is 7.45. The van der Waals surface area contributed by atoms with Crippen molar-refractivity contribution in [1.82, 2.24) is 30.9 Å². The minimum Gasteiger partial charge on any atom is -0.462 e. The number of anilines is 1. The van der Waals surface area contributed by atoms with Crippen molar-refractivity contribution in [2.75, 3.05) is 31.6 Å². The fourth-order valence-corrected chi connectivity index (χ4v) is 5.61. The number of aryl methyl sites for hydroxylation is 1. The molecule has 2 saturated heterocycles. The van der Waals surface area contributed by atoms with E-state index in [9.17, 15) is 14.4 Å². The Morgan fingerprint density at radius 1 is 1.04 bits per heavy atom. The molecule has 0 unspecified atom stereocenters. The van der Waals surface area contributed by atoms with E-state index in [1.54, 1.807) is 36.7 Å². The molecule has 2 aliphatic rings. The molecule has 4 heterocycles. The van der Waals surface area contributed by atoms with Crippen molar-refractivity contribution in [3.63, 3.8) is 0 Å². The lowest BCUT2D eigenvalue weighted by Gasteiger charge is -2.20. The van der Waals surface area contributed by atoms with E-state index in [0.29, 0.717) is 39.9 Å². The second-order valence-electron chi connectivity index (χ2n) is 11.4. The van der Waals surface area contributed by atoms with Gasteiger partial charge in [-0.25, -0.2) is 9.97 Å². The minimum atomic E-state index is -0.616. The molecule has 2 aromatic heterocycles. The van der Waals surface area contributed by atoms with Gasteiger partial charge in [-0.2, -0.15) is 0 Å². The van der Waals surface area contributed by atoms with Crippen molar-refractivity contribution >= 4 is 35.4 Å². The molecule has 0 aliphatic carbocycles. The zero-order valence-corrected chi connectivity index (χ0v) is 26.3. The third-order valence-corrected chi connectivity index (χ3v) is 8.30. The van der Waals surface area contributed by atoms with Crippen LogP contribution in [0.4, 0.5) is 5.95 Å². The van der Waals surface area contributed by atoms with Crippen LogP contribution in [0.25, 0.3) is 11.3 Å². The zero-order chi connectivity index (χ0) is 31.8. The highest BCUT2D eigenvalue weighted by Gasteiger charge is 2.27. The summed E-state index contributed by atoms with van der Waals surface area (Å²) in [4.78, 5) is 50.5. The molecule has 0 bridgehead atoms. The number of esters is 2. The molecule has 45 heavy (non-hydrogen) atoms. The summed E-state index contributed by atoms with van der Waals surface area (Å²) in [6.45, 7) is 5.65. The van der Waals surface area contributed by atoms with Crippen molar-refractivity contribution in [3.05, 3.63) is 64.6 Å². The van der Waals surface area contributed by atoms with Crippen LogP contribution in [0.1, 0.15) is 66.7 Å². The fraction of sp³-hybridized carbons (Fsp3) is 0.469. The average Bonchev–Trinajstić information content (AvgIpc) is 3.85. The standard InChI is InChI=1S/C32H40ClN7O5/c1-3-23(17-44-30(42)24-9-5-11-34-24)38-32-37-15-19(2)28(40-32)21-14-26(36-16-21)29(41)39-27(20-7-4-8-22(33)13-20)18-45-31(43)25-10-6-12-35-25/h4,7-8,13-16,23-25,27,34-36H,3,5-6,9-12,17-18H2,1-2H3,(H,39,41)(H,37,38,40)/t23-,24+,25+,27-/m1/s1. The Labute approximate surface area is 267 Å². The monoisotopic (exact) mass is 637 g/mol. The predicted octanol–water partition coefficient (Wildman–Crippen LogP) is 3.69. The van der Waals surface area contributed by atoms with Crippen molar-refractivity contribution < 1.29 is 23.9 Å². The molecule has 0 saturated carbocycles. The van der Waals surface area contributed by atoms with Crippen molar-refractivity contribution in [1.29, 1.82) is 0 Å². The number of aromatic nitrogens is 3. The third-order valence-electron chi connectivity index (χ3n) is 8.06. The highest BCUT2D eigenvalue weighted by Crippen LogP contribution is 2.25. The average molecular weight is 638 g/mol. The van der Waals surface area contributed by atoms with E-state index >= 15 is 0 Å². The number of carbonyl (C=O) groups excluding carboxylic acids is 3. The molecule has 2 aliphatic heterocycles. The van der Waals surface area contributed by atoms with Gasteiger partial charge in [0.25, 0.3) is 5.91 Å². The van der Waals surface area contributed by atoms with Gasteiger partial charge in [0.05, 0.1) is 17.8 Å². The van der Waals surface area contributed by atoms with Gasteiger partial charge in [-0.15, -0.1) is 0 Å². The van der Waals surface area contributed by atoms with Crippen LogP contribution in [0.15, 0.2) is 42.7 Å². The van der Waals surface area contributed by atoms with E-state index in [0.717, 1.165) is 44.3 Å². The lowest BCUT2D eigenvalue weighted by atomic mass is 10.1. The first kappa shape index (κ1) is 32.4. The topological polar surface area (TPSA) is 159 Å². The Hall–Kier alpha value is -4.00. The second-order valence-corrected chi connectivity index (χ2v) is 11.9. The van der Waals surface area contributed by atoms with Crippen LogP contribution in [0.2, 0.25) is 5.02 Å². The summed E-state index contributed by atoms with van der Waals surface area (Å²) in [7, 11) is 0. The number of carbonyl (C=O) groups is 3. The molecule has 1 amide bonds. The highest BCUT2D eigenvalue weighted by atomic mass is 35.5. The van der Waals surface area contributed by atoms with Gasteiger partial charge in [-0.1, -0.05) is 30.7 Å². The van der Waals surface area contributed by atoms with Crippen LogP contribution >= 0.6 is 11.6 Å². The molecule has 5 N–H and O–H groups in total. The Kier molecular flexibility index (Phi) is 11.0. The number of amides is 1. The number of hydrogen-bond acceptors (Lipinski definition) is 10. The number of H-pyrrole nitrogens is 1. The molecule has 3 aromatic rings. The summed E-state index contributed by atoms with van der Waals surface area (Å²) in [5.41, 5.74) is 3.20. The Bertz CT molecular complexity index is 1490. The molecule has 0 spiro atoms. The van der Waals surface area contributed by atoms with E-state index in [1.807, 2.05) is 19.9 Å². The molecule has 1 aromatic carbocycles. The van der Waals surface area contributed by atoms with Gasteiger partial charge in [-0.05, 0) is 81.4 Å². The van der Waals surface area contributed by atoms with E-state index < -0.39 is 6.04 Å². The summed E-state index contributed by atoms with van der Waals surface area (Å²) in [5, 5.41) is 13.0. The normalized spacial score (nSPS) is 19.1. The van der Waals surface area contributed by atoms with Crippen LogP contribution < -0.4 is 21.3 Å². The lowest BCUT2D eigenvalue weighted by Crippen LogP contribution is -2.36. The van der Waals surface area contributed by atoms with Gasteiger partial charge in [0, 0.05) is 23.0 Å². The van der Waals surface area contributed by atoms with E-state index in [2.05, 4.69) is 31.2 Å². The molecule has 4 atom stereocenters. The van der Waals surface area contributed by atoms with Gasteiger partial charge in [-0.3, -0.25) is 14.4 Å². The minimum absolute atomic E-state index is 0.0399. The largest absolute Gasteiger partial charge is 0.462 e. The van der Waals surface area contributed by atoms with Crippen LogP contribution in [0.3, 0.4) is 0 Å². The van der Waals surface area contributed by atoms with Gasteiger partial charge < -0.3 is 35.7 Å². The SMILES string of the molecule is CC[C@H](COC(=O)[C@@H]1CCCN1)Nc1ncc(C)c(-c2c[nH]c(C(=O)N[C@H](COC(=O)[C@@H]3CCCN3)c3cccc(Cl)c3)c2)n1. The maximum absolute atomic E-state index is 13.4. The first-order valence-electron chi connectivity index (χ1n) is 15.5. The van der Waals surface area contributed by atoms with Crippen molar-refractivity contribution in [2.45, 2.75) is 70.1 Å². The molecule has 12 nitrogen and oxygen atoms in total. The number of nitrogens with one attached hydrogen (secondary N) is 5. The van der Waals surface area contributed by atoms with Crippen LogP contribution in [-0.2, 0) is 19.1 Å². The summed E-state index contributed by atoms with van der Waals surface area (Å²) < 4.78 is 11.1. The number of hydrogen-bond donors (Lipinski definition) is 5.